The van der Waals surface area contributed by atoms with E-state index < -0.39 is 16.3 Å². The molecule has 106 valence electrons. The molecule has 1 aliphatic carbocycles. The molecule has 7 heteroatoms. The fraction of sp³-hybridized carbons (Fsp3) is 0.417. The fourth-order valence-corrected chi connectivity index (χ4v) is 2.54. The third-order valence-corrected chi connectivity index (χ3v) is 3.99. The van der Waals surface area contributed by atoms with Crippen molar-refractivity contribution in [2.24, 2.45) is 5.73 Å². The molecule has 19 heavy (non-hydrogen) atoms. The number of anilines is 1. The van der Waals surface area contributed by atoms with Gasteiger partial charge in [0.1, 0.15) is 0 Å². The van der Waals surface area contributed by atoms with Crippen LogP contribution in [0.4, 0.5) is 5.69 Å². The van der Waals surface area contributed by atoms with Gasteiger partial charge in [-0.3, -0.25) is 9.00 Å². The summed E-state index contributed by atoms with van der Waals surface area (Å²) in [4.78, 5) is 11.8. The Bertz CT molecular complexity index is 518. The Morgan fingerprint density at radius 3 is 2.68 bits per heavy atom. The maximum absolute atomic E-state index is 11.8. The van der Waals surface area contributed by atoms with Gasteiger partial charge in [0.15, 0.2) is 0 Å². The summed E-state index contributed by atoms with van der Waals surface area (Å²) in [5, 5.41) is 3.32. The van der Waals surface area contributed by atoms with Crippen LogP contribution in [0.15, 0.2) is 18.2 Å². The highest BCUT2D eigenvalue weighted by Gasteiger charge is 2.45. The zero-order valence-corrected chi connectivity index (χ0v) is 12.8. The molecular formula is C12H16Cl2N2O2S. The van der Waals surface area contributed by atoms with Gasteiger partial charge >= 0.3 is 0 Å². The van der Waals surface area contributed by atoms with E-state index in [1.807, 2.05) is 0 Å². The number of carbonyl (C=O) groups is 1. The molecular weight excluding hydrogens is 307 g/mol. The van der Waals surface area contributed by atoms with E-state index in [9.17, 15) is 9.00 Å². The van der Waals surface area contributed by atoms with Crippen LogP contribution in [0.5, 0.6) is 0 Å². The van der Waals surface area contributed by atoms with Crippen molar-refractivity contribution in [3.05, 3.63) is 28.8 Å². The average Bonchev–Trinajstić information content (AvgIpc) is 3.02. The first-order chi connectivity index (χ1) is 8.40. The summed E-state index contributed by atoms with van der Waals surface area (Å²) in [6, 6.07) is 5.15. The van der Waals surface area contributed by atoms with Crippen LogP contribution < -0.4 is 11.1 Å². The Hall–Kier alpha value is -0.620. The molecule has 0 bridgehead atoms. The quantitative estimate of drug-likeness (QED) is 0.891. The highest BCUT2D eigenvalue weighted by Crippen LogP contribution is 2.33. The van der Waals surface area contributed by atoms with E-state index >= 15 is 0 Å². The maximum Gasteiger partial charge on any atom is 0.244 e. The van der Waals surface area contributed by atoms with Gasteiger partial charge in [-0.1, -0.05) is 11.6 Å². The second kappa shape index (κ2) is 6.22. The lowest BCUT2D eigenvalue weighted by atomic mass is 10.2. The van der Waals surface area contributed by atoms with Gasteiger partial charge in [0.25, 0.3) is 0 Å². The number of amides is 1. The number of hydrogen-bond acceptors (Lipinski definition) is 3. The molecule has 0 aromatic heterocycles. The van der Waals surface area contributed by atoms with Crippen LogP contribution >= 0.6 is 24.0 Å². The normalized spacial score (nSPS) is 17.2. The molecule has 0 aliphatic heterocycles. The molecule has 1 unspecified atom stereocenters. The van der Waals surface area contributed by atoms with E-state index in [0.717, 1.165) is 18.4 Å². The van der Waals surface area contributed by atoms with Crippen LogP contribution in [0.2, 0.25) is 5.02 Å². The molecule has 1 saturated carbocycles. The zero-order valence-electron chi connectivity index (χ0n) is 10.4. The minimum absolute atomic E-state index is 0. The van der Waals surface area contributed by atoms with Crippen molar-refractivity contribution in [2.75, 3.05) is 11.6 Å². The third kappa shape index (κ3) is 4.18. The summed E-state index contributed by atoms with van der Waals surface area (Å²) in [6.07, 6.45) is 3.05. The molecule has 1 aliphatic rings. The van der Waals surface area contributed by atoms with Crippen LogP contribution in [0.1, 0.15) is 18.4 Å². The smallest absolute Gasteiger partial charge is 0.244 e. The summed E-state index contributed by atoms with van der Waals surface area (Å²) in [6.45, 7) is 0. The number of hydrogen-bond donors (Lipinski definition) is 2. The van der Waals surface area contributed by atoms with Gasteiger partial charge in [-0.25, -0.2) is 0 Å². The first kappa shape index (κ1) is 16.4. The van der Waals surface area contributed by atoms with Crippen molar-refractivity contribution in [3.8, 4) is 0 Å². The molecule has 1 fully saturated rings. The number of nitrogens with one attached hydrogen (secondary N) is 1. The zero-order chi connectivity index (χ0) is 13.3. The SMILES string of the molecule is CS(=O)Cc1cc(NC(=O)C2(N)CC2)ccc1Cl.Cl. The van der Waals surface area contributed by atoms with Gasteiger partial charge in [0.2, 0.25) is 5.91 Å². The molecule has 4 nitrogen and oxygen atoms in total. The minimum atomic E-state index is -0.974. The second-order valence-electron chi connectivity index (χ2n) is 4.63. The van der Waals surface area contributed by atoms with Crippen LogP contribution in [-0.4, -0.2) is 21.9 Å². The van der Waals surface area contributed by atoms with Gasteiger partial charge in [-0.05, 0) is 36.6 Å². The molecule has 1 amide bonds. The van der Waals surface area contributed by atoms with Crippen molar-refractivity contribution >= 4 is 46.4 Å². The monoisotopic (exact) mass is 322 g/mol. The molecule has 0 heterocycles. The van der Waals surface area contributed by atoms with Crippen LogP contribution in [0, 0.1) is 0 Å². The predicted molar refractivity (Wildman–Crippen MR) is 81.3 cm³/mol. The fourth-order valence-electron chi connectivity index (χ4n) is 1.60. The van der Waals surface area contributed by atoms with Crippen LogP contribution in [-0.2, 0) is 21.3 Å². The summed E-state index contributed by atoms with van der Waals surface area (Å²) < 4.78 is 11.2. The summed E-state index contributed by atoms with van der Waals surface area (Å²) in [5.74, 6) is 0.199. The number of benzene rings is 1. The lowest BCUT2D eigenvalue weighted by molar-refractivity contribution is -0.118. The number of rotatable bonds is 4. The van der Waals surface area contributed by atoms with E-state index in [1.165, 1.54) is 0 Å². The van der Waals surface area contributed by atoms with Gasteiger partial charge in [-0.2, -0.15) is 0 Å². The van der Waals surface area contributed by atoms with Crippen molar-refractivity contribution in [2.45, 2.75) is 24.1 Å². The van der Waals surface area contributed by atoms with Gasteiger partial charge in [0.05, 0.1) is 5.54 Å². The van der Waals surface area contributed by atoms with Gasteiger partial charge in [-0.15, -0.1) is 12.4 Å². The van der Waals surface area contributed by atoms with E-state index in [4.69, 9.17) is 17.3 Å². The van der Waals surface area contributed by atoms with Crippen molar-refractivity contribution < 1.29 is 9.00 Å². The number of nitrogens with two attached hydrogens (primary N) is 1. The third-order valence-electron chi connectivity index (χ3n) is 2.90. The van der Waals surface area contributed by atoms with Crippen LogP contribution in [0.25, 0.3) is 0 Å². The molecule has 0 spiro atoms. The number of carbonyl (C=O) groups excluding carboxylic acids is 1. The molecule has 1 aromatic rings. The average molecular weight is 323 g/mol. The van der Waals surface area contributed by atoms with E-state index in [0.29, 0.717) is 16.5 Å². The standard InChI is InChI=1S/C12H15ClN2O2S.ClH/c1-18(17)7-8-6-9(2-3-10(8)13)15-11(16)12(14)4-5-12;/h2-3,6H,4-5,7,14H2,1H3,(H,15,16);1H. The predicted octanol–water partition coefficient (Wildman–Crippen LogP) is 2.07. The van der Waals surface area contributed by atoms with Crippen molar-refractivity contribution in [3.63, 3.8) is 0 Å². The molecule has 2 rings (SSSR count). The number of halogens is 2. The van der Waals surface area contributed by atoms with Gasteiger partial charge < -0.3 is 11.1 Å². The first-order valence-corrected chi connectivity index (χ1v) is 7.70. The van der Waals surface area contributed by atoms with Crippen molar-refractivity contribution in [1.82, 2.24) is 0 Å². The van der Waals surface area contributed by atoms with Crippen molar-refractivity contribution in [1.29, 1.82) is 0 Å². The largest absolute Gasteiger partial charge is 0.324 e. The highest BCUT2D eigenvalue weighted by atomic mass is 35.5. The van der Waals surface area contributed by atoms with E-state index in [2.05, 4.69) is 5.32 Å². The molecule has 1 atom stereocenters. The Kier molecular flexibility index (Phi) is 5.38. The first-order valence-electron chi connectivity index (χ1n) is 5.59. The van der Waals surface area contributed by atoms with Crippen LogP contribution in [0.3, 0.4) is 0 Å². The molecule has 1 aromatic carbocycles. The molecule has 0 saturated heterocycles. The summed E-state index contributed by atoms with van der Waals surface area (Å²) in [7, 11) is -0.974. The Balaban J connectivity index is 0.00000180. The lowest BCUT2D eigenvalue weighted by Crippen LogP contribution is -2.37. The van der Waals surface area contributed by atoms with Gasteiger partial charge in [0, 0.05) is 33.5 Å². The topological polar surface area (TPSA) is 72.2 Å². The second-order valence-corrected chi connectivity index (χ2v) is 6.48. The maximum atomic E-state index is 11.8. The Labute approximate surface area is 125 Å². The Morgan fingerprint density at radius 1 is 1.53 bits per heavy atom. The molecule has 0 radical (unpaired) electrons. The van der Waals surface area contributed by atoms with E-state index in [-0.39, 0.29) is 18.3 Å². The highest BCUT2D eigenvalue weighted by molar-refractivity contribution is 7.83. The minimum Gasteiger partial charge on any atom is -0.324 e. The van der Waals surface area contributed by atoms with E-state index in [1.54, 1.807) is 24.5 Å². The summed E-state index contributed by atoms with van der Waals surface area (Å²) in [5.41, 5.74) is 6.50. The molecule has 3 N–H and O–H groups in total. The summed E-state index contributed by atoms with van der Waals surface area (Å²) >= 11 is 6.01. The lowest BCUT2D eigenvalue weighted by Gasteiger charge is -2.11. The Morgan fingerprint density at radius 2 is 2.16 bits per heavy atom.